The van der Waals surface area contributed by atoms with Crippen LogP contribution in [0.4, 0.5) is 0 Å². The van der Waals surface area contributed by atoms with E-state index in [1.165, 1.54) is 15.5 Å². The first kappa shape index (κ1) is 13.2. The van der Waals surface area contributed by atoms with Gasteiger partial charge in [0, 0.05) is 11.1 Å². The molecule has 0 saturated heterocycles. The number of carbonyl (C=O) groups is 1. The van der Waals surface area contributed by atoms with Crippen molar-refractivity contribution in [1.82, 2.24) is 0 Å². The monoisotopic (exact) mass is 302 g/mol. The van der Waals surface area contributed by atoms with Gasteiger partial charge >= 0.3 is 0 Å². The first-order valence-corrected chi connectivity index (χ1v) is 8.11. The summed E-state index contributed by atoms with van der Waals surface area (Å²) in [7, 11) is 0. The van der Waals surface area contributed by atoms with Gasteiger partial charge in [-0.1, -0.05) is 60.7 Å². The number of fused-ring (bicyclic) bond motifs is 2. The van der Waals surface area contributed by atoms with E-state index in [4.69, 9.17) is 0 Å². The van der Waals surface area contributed by atoms with E-state index in [0.29, 0.717) is 6.42 Å². The SMILES string of the molecule is O=C(Cc1ccc2ccccc2c1)c1cc2ccccc2s1. The van der Waals surface area contributed by atoms with E-state index in [-0.39, 0.29) is 5.78 Å². The Labute approximate surface area is 132 Å². The molecular formula is C20H14OS. The molecule has 0 unspecified atom stereocenters. The van der Waals surface area contributed by atoms with Gasteiger partial charge in [-0.3, -0.25) is 4.79 Å². The first-order valence-electron chi connectivity index (χ1n) is 7.29. The van der Waals surface area contributed by atoms with Crippen molar-refractivity contribution in [2.75, 3.05) is 0 Å². The van der Waals surface area contributed by atoms with Crippen molar-refractivity contribution in [3.05, 3.63) is 83.2 Å². The Morgan fingerprint density at radius 2 is 1.50 bits per heavy atom. The molecule has 0 fully saturated rings. The molecule has 0 radical (unpaired) electrons. The van der Waals surface area contributed by atoms with Crippen LogP contribution in [0.5, 0.6) is 0 Å². The number of Topliss-reactive ketones (excluding diaryl/α,β-unsaturated/α-hetero) is 1. The zero-order chi connectivity index (χ0) is 14.9. The highest BCUT2D eigenvalue weighted by Gasteiger charge is 2.11. The van der Waals surface area contributed by atoms with Gasteiger partial charge in [0.2, 0.25) is 0 Å². The predicted molar refractivity (Wildman–Crippen MR) is 93.8 cm³/mol. The molecule has 0 bridgehead atoms. The van der Waals surface area contributed by atoms with E-state index in [9.17, 15) is 4.79 Å². The largest absolute Gasteiger partial charge is 0.293 e. The molecule has 0 aliphatic carbocycles. The Balaban J connectivity index is 1.64. The van der Waals surface area contributed by atoms with Crippen LogP contribution < -0.4 is 0 Å². The average Bonchev–Trinajstić information content (AvgIpc) is 2.99. The number of carbonyl (C=O) groups excluding carboxylic acids is 1. The third-order valence-electron chi connectivity index (χ3n) is 3.88. The zero-order valence-corrected chi connectivity index (χ0v) is 12.8. The van der Waals surface area contributed by atoms with Crippen molar-refractivity contribution in [2.45, 2.75) is 6.42 Å². The van der Waals surface area contributed by atoms with E-state index >= 15 is 0 Å². The molecule has 4 aromatic rings. The van der Waals surface area contributed by atoms with Crippen molar-refractivity contribution in [3.63, 3.8) is 0 Å². The fraction of sp³-hybridized carbons (Fsp3) is 0.0500. The minimum atomic E-state index is 0.191. The molecule has 1 heterocycles. The highest BCUT2D eigenvalue weighted by Crippen LogP contribution is 2.26. The van der Waals surface area contributed by atoms with Crippen LogP contribution in [0.15, 0.2) is 72.8 Å². The summed E-state index contributed by atoms with van der Waals surface area (Å²) >= 11 is 1.58. The summed E-state index contributed by atoms with van der Waals surface area (Å²) in [5.74, 6) is 0.191. The number of benzene rings is 3. The van der Waals surface area contributed by atoms with Crippen LogP contribution in [-0.4, -0.2) is 5.78 Å². The zero-order valence-electron chi connectivity index (χ0n) is 12.0. The minimum Gasteiger partial charge on any atom is -0.293 e. The van der Waals surface area contributed by atoms with Gasteiger partial charge in [-0.25, -0.2) is 0 Å². The molecule has 0 spiro atoms. The Morgan fingerprint density at radius 3 is 2.32 bits per heavy atom. The van der Waals surface area contributed by atoms with E-state index in [0.717, 1.165) is 15.8 Å². The molecule has 0 aliphatic heterocycles. The highest BCUT2D eigenvalue weighted by molar-refractivity contribution is 7.20. The molecule has 3 aromatic carbocycles. The van der Waals surface area contributed by atoms with Gasteiger partial charge in [0.1, 0.15) is 0 Å². The molecular weight excluding hydrogens is 288 g/mol. The number of hydrogen-bond acceptors (Lipinski definition) is 2. The quantitative estimate of drug-likeness (QED) is 0.458. The smallest absolute Gasteiger partial charge is 0.177 e. The summed E-state index contributed by atoms with van der Waals surface area (Å²) in [5.41, 5.74) is 1.07. The fourth-order valence-corrected chi connectivity index (χ4v) is 3.74. The molecule has 0 amide bonds. The van der Waals surface area contributed by atoms with Gasteiger partial charge < -0.3 is 0 Å². The minimum absolute atomic E-state index is 0.191. The van der Waals surface area contributed by atoms with Crippen LogP contribution in [0, 0.1) is 0 Å². The van der Waals surface area contributed by atoms with Crippen molar-refractivity contribution in [2.24, 2.45) is 0 Å². The Morgan fingerprint density at radius 1 is 0.773 bits per heavy atom. The molecule has 1 aromatic heterocycles. The second kappa shape index (κ2) is 5.39. The maximum Gasteiger partial charge on any atom is 0.177 e. The Kier molecular flexibility index (Phi) is 3.24. The topological polar surface area (TPSA) is 17.1 Å². The van der Waals surface area contributed by atoms with Gasteiger partial charge in [0.25, 0.3) is 0 Å². The first-order chi connectivity index (χ1) is 10.8. The number of ketones is 1. The lowest BCUT2D eigenvalue weighted by atomic mass is 10.0. The number of thiophene rings is 1. The lowest BCUT2D eigenvalue weighted by molar-refractivity contribution is 0.0997. The molecule has 2 heteroatoms. The van der Waals surface area contributed by atoms with E-state index < -0.39 is 0 Å². The van der Waals surface area contributed by atoms with Crippen LogP contribution >= 0.6 is 11.3 Å². The highest BCUT2D eigenvalue weighted by atomic mass is 32.1. The standard InChI is InChI=1S/C20H14OS/c21-18(20-13-17-7-3-4-8-19(17)22-20)12-14-9-10-15-5-1-2-6-16(15)11-14/h1-11,13H,12H2. The normalized spacial score (nSPS) is 11.1. The fourth-order valence-electron chi connectivity index (χ4n) is 2.74. The summed E-state index contributed by atoms with van der Waals surface area (Å²) in [6, 6.07) is 24.6. The third kappa shape index (κ3) is 2.42. The van der Waals surface area contributed by atoms with Crippen molar-refractivity contribution < 1.29 is 4.79 Å². The van der Waals surface area contributed by atoms with Crippen molar-refractivity contribution in [3.8, 4) is 0 Å². The maximum atomic E-state index is 12.5. The second-order valence-corrected chi connectivity index (χ2v) is 6.51. The van der Waals surface area contributed by atoms with Crippen LogP contribution in [0.3, 0.4) is 0 Å². The molecule has 0 saturated carbocycles. The number of rotatable bonds is 3. The predicted octanol–water partition coefficient (Wildman–Crippen LogP) is 5.48. The van der Waals surface area contributed by atoms with Crippen LogP contribution in [0.1, 0.15) is 15.2 Å². The summed E-state index contributed by atoms with van der Waals surface area (Å²) in [4.78, 5) is 13.4. The van der Waals surface area contributed by atoms with E-state index in [2.05, 4.69) is 36.4 Å². The Bertz CT molecular complexity index is 948. The second-order valence-electron chi connectivity index (χ2n) is 5.43. The third-order valence-corrected chi connectivity index (χ3v) is 5.04. The van der Waals surface area contributed by atoms with E-state index in [1.54, 1.807) is 11.3 Å². The van der Waals surface area contributed by atoms with Gasteiger partial charge in [-0.05, 0) is 33.9 Å². The van der Waals surface area contributed by atoms with Crippen LogP contribution in [0.25, 0.3) is 20.9 Å². The lowest BCUT2D eigenvalue weighted by Crippen LogP contribution is -2.00. The molecule has 22 heavy (non-hydrogen) atoms. The van der Waals surface area contributed by atoms with Gasteiger partial charge in [-0.2, -0.15) is 0 Å². The summed E-state index contributed by atoms with van der Waals surface area (Å²) < 4.78 is 1.17. The lowest BCUT2D eigenvalue weighted by Gasteiger charge is -2.02. The van der Waals surface area contributed by atoms with Crippen molar-refractivity contribution >= 4 is 38.0 Å². The summed E-state index contributed by atoms with van der Waals surface area (Å²) in [6.45, 7) is 0. The average molecular weight is 302 g/mol. The molecule has 1 nitrogen and oxygen atoms in total. The molecule has 4 rings (SSSR count). The molecule has 0 aliphatic rings. The van der Waals surface area contributed by atoms with Gasteiger partial charge in [0.15, 0.2) is 5.78 Å². The van der Waals surface area contributed by atoms with Crippen LogP contribution in [0.2, 0.25) is 0 Å². The molecule has 0 N–H and O–H groups in total. The molecule has 106 valence electrons. The summed E-state index contributed by atoms with van der Waals surface area (Å²) in [5, 5.41) is 3.54. The van der Waals surface area contributed by atoms with Gasteiger partial charge in [0.05, 0.1) is 4.88 Å². The van der Waals surface area contributed by atoms with Gasteiger partial charge in [-0.15, -0.1) is 11.3 Å². The summed E-state index contributed by atoms with van der Waals surface area (Å²) in [6.07, 6.45) is 0.456. The maximum absolute atomic E-state index is 12.5. The number of hydrogen-bond donors (Lipinski definition) is 0. The van der Waals surface area contributed by atoms with Crippen LogP contribution in [-0.2, 0) is 6.42 Å². The van der Waals surface area contributed by atoms with E-state index in [1.807, 2.05) is 36.4 Å². The Hall–Kier alpha value is -2.45. The van der Waals surface area contributed by atoms with Crippen molar-refractivity contribution in [1.29, 1.82) is 0 Å². The molecule has 0 atom stereocenters.